The SMILES string of the molecule is CCC(NC1CC1)C(O)c1ccc(CC(C)C)cc1. The number of aliphatic hydroxyl groups excluding tert-OH is 1. The largest absolute Gasteiger partial charge is 0.387 e. The average molecular weight is 261 g/mol. The number of hydrogen-bond acceptors (Lipinski definition) is 2. The van der Waals surface area contributed by atoms with Crippen molar-refractivity contribution in [2.75, 3.05) is 0 Å². The van der Waals surface area contributed by atoms with Gasteiger partial charge in [-0.05, 0) is 42.7 Å². The van der Waals surface area contributed by atoms with Gasteiger partial charge in [0.25, 0.3) is 0 Å². The predicted molar refractivity (Wildman–Crippen MR) is 80.2 cm³/mol. The first kappa shape index (κ1) is 14.5. The van der Waals surface area contributed by atoms with Gasteiger partial charge in [-0.3, -0.25) is 0 Å². The molecule has 1 aliphatic carbocycles. The van der Waals surface area contributed by atoms with Crippen molar-refractivity contribution in [3.8, 4) is 0 Å². The van der Waals surface area contributed by atoms with Gasteiger partial charge in [0.2, 0.25) is 0 Å². The van der Waals surface area contributed by atoms with E-state index in [0.29, 0.717) is 12.0 Å². The van der Waals surface area contributed by atoms with E-state index in [1.807, 2.05) is 0 Å². The number of nitrogens with one attached hydrogen (secondary N) is 1. The van der Waals surface area contributed by atoms with Gasteiger partial charge in [-0.15, -0.1) is 0 Å². The molecule has 1 saturated carbocycles. The highest BCUT2D eigenvalue weighted by Gasteiger charge is 2.27. The van der Waals surface area contributed by atoms with E-state index in [9.17, 15) is 5.11 Å². The summed E-state index contributed by atoms with van der Waals surface area (Å²) in [4.78, 5) is 0. The molecule has 2 atom stereocenters. The van der Waals surface area contributed by atoms with Crippen LogP contribution in [0.5, 0.6) is 0 Å². The Hall–Kier alpha value is -0.860. The highest BCUT2D eigenvalue weighted by Crippen LogP contribution is 2.25. The molecular weight excluding hydrogens is 234 g/mol. The Morgan fingerprint density at radius 1 is 1.21 bits per heavy atom. The maximum absolute atomic E-state index is 10.5. The van der Waals surface area contributed by atoms with E-state index in [0.717, 1.165) is 18.4 Å². The van der Waals surface area contributed by atoms with Crippen molar-refractivity contribution < 1.29 is 5.11 Å². The normalized spacial score (nSPS) is 18.6. The Bertz CT molecular complexity index is 381. The van der Waals surface area contributed by atoms with Crippen molar-refractivity contribution in [2.45, 2.75) is 64.6 Å². The van der Waals surface area contributed by atoms with Crippen LogP contribution >= 0.6 is 0 Å². The number of hydrogen-bond donors (Lipinski definition) is 2. The molecule has 2 rings (SSSR count). The monoisotopic (exact) mass is 261 g/mol. The van der Waals surface area contributed by atoms with E-state index in [2.05, 4.69) is 50.4 Å². The average Bonchev–Trinajstić information content (AvgIpc) is 3.19. The third-order valence-electron chi connectivity index (χ3n) is 3.81. The first-order valence-corrected chi connectivity index (χ1v) is 7.63. The molecule has 2 nitrogen and oxygen atoms in total. The van der Waals surface area contributed by atoms with Crippen LogP contribution in [0.3, 0.4) is 0 Å². The molecule has 0 bridgehead atoms. The van der Waals surface area contributed by atoms with E-state index >= 15 is 0 Å². The Kier molecular flexibility index (Phi) is 5.00. The summed E-state index contributed by atoms with van der Waals surface area (Å²) in [5.41, 5.74) is 2.39. The molecule has 106 valence electrons. The fourth-order valence-electron chi connectivity index (χ4n) is 2.54. The molecule has 0 heterocycles. The lowest BCUT2D eigenvalue weighted by Crippen LogP contribution is -2.35. The highest BCUT2D eigenvalue weighted by molar-refractivity contribution is 5.25. The Balaban J connectivity index is 1.98. The summed E-state index contributed by atoms with van der Waals surface area (Å²) in [6, 6.07) is 9.30. The van der Waals surface area contributed by atoms with Gasteiger partial charge in [0.05, 0.1) is 6.10 Å². The number of rotatable bonds is 7. The Morgan fingerprint density at radius 2 is 1.84 bits per heavy atom. The van der Waals surface area contributed by atoms with Gasteiger partial charge >= 0.3 is 0 Å². The van der Waals surface area contributed by atoms with Gasteiger partial charge in [0.1, 0.15) is 0 Å². The van der Waals surface area contributed by atoms with Crippen LogP contribution in [0.15, 0.2) is 24.3 Å². The summed E-state index contributed by atoms with van der Waals surface area (Å²) >= 11 is 0. The van der Waals surface area contributed by atoms with Crippen LogP contribution in [0.1, 0.15) is 57.3 Å². The van der Waals surface area contributed by atoms with Gasteiger partial charge in [0, 0.05) is 12.1 Å². The quantitative estimate of drug-likeness (QED) is 0.788. The van der Waals surface area contributed by atoms with Crippen molar-refractivity contribution >= 4 is 0 Å². The first-order valence-electron chi connectivity index (χ1n) is 7.63. The molecule has 1 aromatic carbocycles. The fourth-order valence-corrected chi connectivity index (χ4v) is 2.54. The minimum Gasteiger partial charge on any atom is -0.387 e. The van der Waals surface area contributed by atoms with Crippen LogP contribution in [0.4, 0.5) is 0 Å². The van der Waals surface area contributed by atoms with E-state index in [1.54, 1.807) is 0 Å². The molecule has 19 heavy (non-hydrogen) atoms. The topological polar surface area (TPSA) is 32.3 Å². The summed E-state index contributed by atoms with van der Waals surface area (Å²) in [7, 11) is 0. The van der Waals surface area contributed by atoms with Crippen LogP contribution in [0, 0.1) is 5.92 Å². The molecule has 1 aliphatic rings. The van der Waals surface area contributed by atoms with Crippen LogP contribution in [-0.4, -0.2) is 17.2 Å². The molecule has 0 saturated heterocycles. The number of aliphatic hydroxyl groups is 1. The maximum atomic E-state index is 10.5. The van der Waals surface area contributed by atoms with Gasteiger partial charge in [-0.1, -0.05) is 45.0 Å². The van der Waals surface area contributed by atoms with Gasteiger partial charge in [-0.2, -0.15) is 0 Å². The summed E-state index contributed by atoms with van der Waals surface area (Å²) < 4.78 is 0. The summed E-state index contributed by atoms with van der Waals surface area (Å²) in [6.07, 6.45) is 4.20. The van der Waals surface area contributed by atoms with Crippen LogP contribution < -0.4 is 5.32 Å². The minimum absolute atomic E-state index is 0.184. The predicted octanol–water partition coefficient (Wildman–Crippen LogP) is 3.45. The second-order valence-corrected chi connectivity index (χ2v) is 6.24. The van der Waals surface area contributed by atoms with Gasteiger partial charge in [0.15, 0.2) is 0 Å². The lowest BCUT2D eigenvalue weighted by Gasteiger charge is -2.23. The third-order valence-corrected chi connectivity index (χ3v) is 3.81. The number of benzene rings is 1. The molecule has 2 N–H and O–H groups in total. The third kappa shape index (κ3) is 4.32. The summed E-state index contributed by atoms with van der Waals surface area (Å²) in [5, 5.41) is 14.0. The first-order chi connectivity index (χ1) is 9.10. The second kappa shape index (κ2) is 6.53. The summed E-state index contributed by atoms with van der Waals surface area (Å²) in [5.74, 6) is 0.677. The maximum Gasteiger partial charge on any atom is 0.0942 e. The van der Waals surface area contributed by atoms with Crippen molar-refractivity contribution in [3.05, 3.63) is 35.4 Å². The smallest absolute Gasteiger partial charge is 0.0942 e. The molecule has 1 fully saturated rings. The van der Waals surface area contributed by atoms with Gasteiger partial charge in [-0.25, -0.2) is 0 Å². The van der Waals surface area contributed by atoms with E-state index < -0.39 is 6.10 Å². The zero-order valence-corrected chi connectivity index (χ0v) is 12.4. The van der Waals surface area contributed by atoms with E-state index in [-0.39, 0.29) is 6.04 Å². The minimum atomic E-state index is -0.390. The lowest BCUT2D eigenvalue weighted by atomic mass is 9.96. The molecule has 0 amide bonds. The van der Waals surface area contributed by atoms with E-state index in [4.69, 9.17) is 0 Å². The molecule has 0 aliphatic heterocycles. The van der Waals surface area contributed by atoms with Crippen molar-refractivity contribution in [1.29, 1.82) is 0 Å². The Morgan fingerprint density at radius 3 is 2.32 bits per heavy atom. The molecule has 0 radical (unpaired) electrons. The molecule has 2 heteroatoms. The standard InChI is InChI=1S/C17H27NO/c1-4-16(18-15-9-10-15)17(19)14-7-5-13(6-8-14)11-12(2)3/h5-8,12,15-19H,4,9-11H2,1-3H3. The lowest BCUT2D eigenvalue weighted by molar-refractivity contribution is 0.125. The molecular formula is C17H27NO. The molecule has 0 spiro atoms. The zero-order valence-electron chi connectivity index (χ0n) is 12.4. The molecule has 1 aromatic rings. The van der Waals surface area contributed by atoms with E-state index in [1.165, 1.54) is 18.4 Å². The van der Waals surface area contributed by atoms with Crippen molar-refractivity contribution in [1.82, 2.24) is 5.32 Å². The summed E-state index contributed by atoms with van der Waals surface area (Å²) in [6.45, 7) is 6.60. The van der Waals surface area contributed by atoms with Crippen molar-refractivity contribution in [3.63, 3.8) is 0 Å². The second-order valence-electron chi connectivity index (χ2n) is 6.24. The van der Waals surface area contributed by atoms with Crippen molar-refractivity contribution in [2.24, 2.45) is 5.92 Å². The highest BCUT2D eigenvalue weighted by atomic mass is 16.3. The fraction of sp³-hybridized carbons (Fsp3) is 0.647. The molecule has 0 aromatic heterocycles. The Labute approximate surface area is 117 Å². The van der Waals surface area contributed by atoms with Crippen LogP contribution in [0.25, 0.3) is 0 Å². The van der Waals surface area contributed by atoms with Crippen LogP contribution in [-0.2, 0) is 6.42 Å². The van der Waals surface area contributed by atoms with Crippen LogP contribution in [0.2, 0.25) is 0 Å². The zero-order chi connectivity index (χ0) is 13.8. The van der Waals surface area contributed by atoms with Gasteiger partial charge < -0.3 is 10.4 Å². The molecule has 2 unspecified atom stereocenters.